The molecule has 4 rings (SSSR count). The minimum atomic E-state index is -0.999. The van der Waals surface area contributed by atoms with E-state index in [0.29, 0.717) is 25.2 Å². The Morgan fingerprint density at radius 3 is 2.32 bits per heavy atom. The van der Waals surface area contributed by atoms with Gasteiger partial charge in [-0.25, -0.2) is 4.79 Å². The molecule has 2 N–H and O–H groups in total. The number of hydrogen-bond acceptors (Lipinski definition) is 4. The number of hydrogen-bond donors (Lipinski definition) is 2. The van der Waals surface area contributed by atoms with Crippen LogP contribution in [-0.4, -0.2) is 69.2 Å². The van der Waals surface area contributed by atoms with E-state index >= 15 is 0 Å². The predicted octanol–water partition coefficient (Wildman–Crippen LogP) is 3.15. The lowest BCUT2D eigenvalue weighted by molar-refractivity contribution is -0.144. The molecule has 162 valence electrons. The van der Waals surface area contributed by atoms with Crippen LogP contribution in [0.5, 0.6) is 0 Å². The smallest absolute Gasteiger partial charge is 0.335 e. The van der Waals surface area contributed by atoms with Gasteiger partial charge in [0.15, 0.2) is 0 Å². The van der Waals surface area contributed by atoms with Crippen LogP contribution in [0.3, 0.4) is 0 Å². The first-order valence-corrected chi connectivity index (χ1v) is 10.6. The Labute approximate surface area is 181 Å². The molecule has 1 aliphatic rings. The van der Waals surface area contributed by atoms with Crippen molar-refractivity contribution in [3.63, 3.8) is 0 Å². The maximum atomic E-state index is 12.4. The molecule has 1 aliphatic heterocycles. The molecule has 1 unspecified atom stereocenters. The standard InChI is InChI=1S/C24H27N3O4/c1-2-25-10-12-26(13-11-25)22(24(30)31)20-16-27(15-17-6-4-3-5-7-17)21-14-18(23(28)29)8-9-19(20)21/h3-9,14,16,22H,2,10-13,15H2,1H3,(H,28,29)(H,30,31). The van der Waals surface area contributed by atoms with Gasteiger partial charge in [-0.3, -0.25) is 9.69 Å². The van der Waals surface area contributed by atoms with Crippen molar-refractivity contribution < 1.29 is 19.8 Å². The highest BCUT2D eigenvalue weighted by Crippen LogP contribution is 2.32. The number of piperazine rings is 1. The molecular weight excluding hydrogens is 394 g/mol. The van der Waals surface area contributed by atoms with Gasteiger partial charge in [0.2, 0.25) is 0 Å². The van der Waals surface area contributed by atoms with E-state index in [2.05, 4.69) is 11.8 Å². The quantitative estimate of drug-likeness (QED) is 0.610. The summed E-state index contributed by atoms with van der Waals surface area (Å²) in [4.78, 5) is 28.3. The molecular formula is C24H27N3O4. The SMILES string of the molecule is CCN1CCN(C(C(=O)O)c2cn(Cc3ccccc3)c3cc(C(=O)O)ccc23)CC1. The number of aromatic nitrogens is 1. The topological polar surface area (TPSA) is 86.0 Å². The van der Waals surface area contributed by atoms with Gasteiger partial charge in [0.25, 0.3) is 0 Å². The fourth-order valence-electron chi connectivity index (χ4n) is 4.41. The zero-order valence-electron chi connectivity index (χ0n) is 17.6. The van der Waals surface area contributed by atoms with Crippen LogP contribution in [0, 0.1) is 0 Å². The number of carboxylic acids is 2. The summed E-state index contributed by atoms with van der Waals surface area (Å²) in [5.41, 5.74) is 2.70. The summed E-state index contributed by atoms with van der Waals surface area (Å²) in [5.74, 6) is -1.88. The number of carbonyl (C=O) groups is 2. The van der Waals surface area contributed by atoms with Crippen LogP contribution >= 0.6 is 0 Å². The number of benzene rings is 2. The van der Waals surface area contributed by atoms with Crippen LogP contribution in [0.4, 0.5) is 0 Å². The molecule has 0 radical (unpaired) electrons. The summed E-state index contributed by atoms with van der Waals surface area (Å²) >= 11 is 0. The molecule has 1 fully saturated rings. The van der Waals surface area contributed by atoms with Crippen LogP contribution in [0.15, 0.2) is 54.7 Å². The van der Waals surface area contributed by atoms with Gasteiger partial charge in [0.1, 0.15) is 6.04 Å². The summed E-state index contributed by atoms with van der Waals surface area (Å²) in [7, 11) is 0. The fourth-order valence-corrected chi connectivity index (χ4v) is 4.41. The average Bonchev–Trinajstić information content (AvgIpc) is 3.12. The minimum absolute atomic E-state index is 0.190. The molecule has 0 saturated carbocycles. The number of carboxylic acid groups (broad SMARTS) is 2. The van der Waals surface area contributed by atoms with Crippen molar-refractivity contribution in [3.05, 3.63) is 71.4 Å². The molecule has 1 aromatic heterocycles. The van der Waals surface area contributed by atoms with E-state index < -0.39 is 18.0 Å². The molecule has 3 aromatic rings. The third-order valence-corrected chi connectivity index (χ3v) is 6.10. The molecule has 0 spiro atoms. The number of likely N-dealkylation sites (N-methyl/N-ethyl adjacent to an activating group) is 1. The second-order valence-electron chi connectivity index (χ2n) is 7.95. The van der Waals surface area contributed by atoms with Crippen molar-refractivity contribution in [3.8, 4) is 0 Å². The molecule has 7 heteroatoms. The van der Waals surface area contributed by atoms with Gasteiger partial charge in [-0.1, -0.05) is 43.3 Å². The molecule has 2 heterocycles. The molecule has 1 atom stereocenters. The number of fused-ring (bicyclic) bond motifs is 1. The summed E-state index contributed by atoms with van der Waals surface area (Å²) in [6, 6.07) is 14.0. The van der Waals surface area contributed by atoms with Crippen molar-refractivity contribution in [1.82, 2.24) is 14.4 Å². The summed E-state index contributed by atoms with van der Waals surface area (Å²) in [6.45, 7) is 6.66. The second-order valence-corrected chi connectivity index (χ2v) is 7.95. The van der Waals surface area contributed by atoms with Crippen LogP contribution in [-0.2, 0) is 11.3 Å². The van der Waals surface area contributed by atoms with Gasteiger partial charge in [-0.15, -0.1) is 0 Å². The molecule has 31 heavy (non-hydrogen) atoms. The van der Waals surface area contributed by atoms with E-state index in [1.54, 1.807) is 18.2 Å². The summed E-state index contributed by atoms with van der Waals surface area (Å²) in [6.07, 6.45) is 1.88. The van der Waals surface area contributed by atoms with Gasteiger partial charge in [0, 0.05) is 55.4 Å². The molecule has 7 nitrogen and oxygen atoms in total. The summed E-state index contributed by atoms with van der Waals surface area (Å²) in [5, 5.41) is 20.4. The van der Waals surface area contributed by atoms with Crippen LogP contribution in [0.1, 0.15) is 34.5 Å². The van der Waals surface area contributed by atoms with Crippen LogP contribution in [0.25, 0.3) is 10.9 Å². The maximum absolute atomic E-state index is 12.4. The Bertz CT molecular complexity index is 1080. The monoisotopic (exact) mass is 421 g/mol. The first-order chi connectivity index (χ1) is 15.0. The number of rotatable bonds is 7. The Morgan fingerprint density at radius 1 is 1.00 bits per heavy atom. The Balaban J connectivity index is 1.78. The molecule has 0 aliphatic carbocycles. The van der Waals surface area contributed by atoms with Gasteiger partial charge in [-0.2, -0.15) is 0 Å². The predicted molar refractivity (Wildman–Crippen MR) is 119 cm³/mol. The third kappa shape index (κ3) is 4.33. The molecule has 1 saturated heterocycles. The van der Waals surface area contributed by atoms with Gasteiger partial charge in [-0.05, 0) is 24.2 Å². The summed E-state index contributed by atoms with van der Waals surface area (Å²) < 4.78 is 1.96. The molecule has 0 bridgehead atoms. The lowest BCUT2D eigenvalue weighted by atomic mass is 10.0. The van der Waals surface area contributed by atoms with Crippen molar-refractivity contribution in [2.45, 2.75) is 19.5 Å². The van der Waals surface area contributed by atoms with Gasteiger partial charge in [0.05, 0.1) is 5.56 Å². The maximum Gasteiger partial charge on any atom is 0.335 e. The Kier molecular flexibility index (Phi) is 6.06. The zero-order valence-corrected chi connectivity index (χ0v) is 17.6. The lowest BCUT2D eigenvalue weighted by Gasteiger charge is -2.37. The lowest BCUT2D eigenvalue weighted by Crippen LogP contribution is -2.49. The average molecular weight is 421 g/mol. The first kappa shape index (κ1) is 21.1. The van der Waals surface area contributed by atoms with E-state index in [4.69, 9.17) is 0 Å². The van der Waals surface area contributed by atoms with Crippen LogP contribution < -0.4 is 0 Å². The van der Waals surface area contributed by atoms with E-state index in [-0.39, 0.29) is 5.56 Å². The van der Waals surface area contributed by atoms with E-state index in [9.17, 15) is 19.8 Å². The van der Waals surface area contributed by atoms with Crippen molar-refractivity contribution in [1.29, 1.82) is 0 Å². The minimum Gasteiger partial charge on any atom is -0.480 e. The highest BCUT2D eigenvalue weighted by Gasteiger charge is 2.32. The van der Waals surface area contributed by atoms with Crippen molar-refractivity contribution >= 4 is 22.8 Å². The number of aromatic carboxylic acids is 1. The Morgan fingerprint density at radius 2 is 1.71 bits per heavy atom. The number of nitrogens with zero attached hydrogens (tertiary/aromatic N) is 3. The molecule has 2 aromatic carbocycles. The third-order valence-electron chi connectivity index (χ3n) is 6.10. The number of aliphatic carboxylic acids is 1. The Hall–Kier alpha value is -3.16. The van der Waals surface area contributed by atoms with Crippen molar-refractivity contribution in [2.24, 2.45) is 0 Å². The van der Waals surface area contributed by atoms with Crippen LogP contribution in [0.2, 0.25) is 0 Å². The highest BCUT2D eigenvalue weighted by molar-refractivity contribution is 5.96. The van der Waals surface area contributed by atoms with Gasteiger partial charge < -0.3 is 19.7 Å². The largest absolute Gasteiger partial charge is 0.480 e. The zero-order chi connectivity index (χ0) is 22.0. The first-order valence-electron chi connectivity index (χ1n) is 10.6. The normalized spacial score (nSPS) is 16.4. The van der Waals surface area contributed by atoms with E-state index in [1.165, 1.54) is 0 Å². The highest BCUT2D eigenvalue weighted by atomic mass is 16.4. The van der Waals surface area contributed by atoms with E-state index in [1.807, 2.05) is 46.0 Å². The second kappa shape index (κ2) is 8.91. The van der Waals surface area contributed by atoms with Crippen molar-refractivity contribution in [2.75, 3.05) is 32.7 Å². The molecule has 0 amide bonds. The van der Waals surface area contributed by atoms with Gasteiger partial charge >= 0.3 is 11.9 Å². The van der Waals surface area contributed by atoms with E-state index in [0.717, 1.165) is 36.1 Å². The fraction of sp³-hybridized carbons (Fsp3) is 0.333.